The molecule has 0 spiro atoms. The molecular formula is CrGdO3. The van der Waals surface area contributed by atoms with E-state index < -0.39 is 0 Å². The van der Waals surface area contributed by atoms with E-state index in [2.05, 4.69) is 0 Å². The van der Waals surface area contributed by atoms with Gasteiger partial charge >= 0.3 is 57.3 Å². The van der Waals surface area contributed by atoms with Gasteiger partial charge in [0.05, 0.1) is 0 Å². The van der Waals surface area contributed by atoms with Gasteiger partial charge in [-0.05, 0) is 0 Å². The Kier molecular flexibility index (Phi) is 627. The van der Waals surface area contributed by atoms with Gasteiger partial charge < -0.3 is 16.4 Å². The second kappa shape index (κ2) is 42.7. The van der Waals surface area contributed by atoms with Crippen LogP contribution in [0.1, 0.15) is 0 Å². The van der Waals surface area contributed by atoms with E-state index in [0.717, 1.165) is 0 Å². The third-order valence-corrected chi connectivity index (χ3v) is 0. The molecule has 3 nitrogen and oxygen atoms in total. The molecule has 0 heterocycles. The molecule has 5 heavy (non-hydrogen) atoms. The smallest absolute Gasteiger partial charge is 2.00 e. The molecule has 2 radical (unpaired) electrons. The predicted octanol–water partition coefficient (Wildman–Crippen LogP) is -0.359. The van der Waals surface area contributed by atoms with Crippen molar-refractivity contribution in [1.29, 1.82) is 0 Å². The summed E-state index contributed by atoms with van der Waals surface area (Å²) in [5.41, 5.74) is 0. The van der Waals surface area contributed by atoms with Crippen LogP contribution in [-0.2, 0) is 33.8 Å². The van der Waals surface area contributed by atoms with Crippen LogP contribution in [0, 0.1) is 39.9 Å². The van der Waals surface area contributed by atoms with Gasteiger partial charge in [0, 0.05) is 0 Å². The van der Waals surface area contributed by atoms with Gasteiger partial charge in [-0.2, -0.15) is 0 Å². The van der Waals surface area contributed by atoms with Gasteiger partial charge in [-0.3, -0.25) is 0 Å². The fraction of sp³-hybridized carbons (Fsp3) is 0. The minimum absolute atomic E-state index is 0. The van der Waals surface area contributed by atoms with Crippen LogP contribution in [0.3, 0.4) is 0 Å². The second-order valence-electron chi connectivity index (χ2n) is 0. The van der Waals surface area contributed by atoms with Crippen molar-refractivity contribution in [2.24, 2.45) is 0 Å². The van der Waals surface area contributed by atoms with E-state index in [0.29, 0.717) is 0 Å². The molecule has 0 atom stereocenters. The molecule has 32 valence electrons. The first-order chi connectivity index (χ1) is 0. The maximum atomic E-state index is 0. The van der Waals surface area contributed by atoms with Crippen molar-refractivity contribution in [3.05, 3.63) is 0 Å². The zero-order valence-corrected chi connectivity index (χ0v) is 5.53. The minimum Gasteiger partial charge on any atom is -2.00 e. The van der Waals surface area contributed by atoms with Crippen LogP contribution >= 0.6 is 0 Å². The minimum atomic E-state index is 0. The molecule has 0 amide bonds. The summed E-state index contributed by atoms with van der Waals surface area (Å²) in [6.07, 6.45) is 0. The summed E-state index contributed by atoms with van der Waals surface area (Å²) in [7, 11) is 0. The first-order valence-electron chi connectivity index (χ1n) is 0. The molecule has 0 N–H and O–H groups in total. The molecule has 0 fully saturated rings. The van der Waals surface area contributed by atoms with Crippen LogP contribution in [0.25, 0.3) is 0 Å². The van der Waals surface area contributed by atoms with Crippen molar-refractivity contribution in [2.75, 3.05) is 0 Å². The van der Waals surface area contributed by atoms with Gasteiger partial charge in [0.2, 0.25) is 0 Å². The zero-order valence-electron chi connectivity index (χ0n) is 1.99. The fourth-order valence-electron chi connectivity index (χ4n) is 0. The molecule has 5 heteroatoms. The van der Waals surface area contributed by atoms with Crippen molar-refractivity contribution in [3.63, 3.8) is 0 Å². The molecule has 0 aromatic rings. The van der Waals surface area contributed by atoms with Crippen LogP contribution in [0.15, 0.2) is 0 Å². The van der Waals surface area contributed by atoms with Crippen LogP contribution in [0.4, 0.5) is 0 Å². The van der Waals surface area contributed by atoms with Crippen LogP contribution < -0.4 is 0 Å². The number of hydrogen-bond donors (Lipinski definition) is 0. The maximum absolute atomic E-state index is 0. The summed E-state index contributed by atoms with van der Waals surface area (Å²) in [4.78, 5) is 0. The molecule has 0 aromatic heterocycles. The van der Waals surface area contributed by atoms with Crippen molar-refractivity contribution in [2.45, 2.75) is 0 Å². The second-order valence-corrected chi connectivity index (χ2v) is 0. The predicted molar refractivity (Wildman–Crippen MR) is 2.06 cm³/mol. The quantitative estimate of drug-likeness (QED) is 0.567. The third-order valence-electron chi connectivity index (χ3n) is 0. The molecule has 0 saturated carbocycles. The Balaban J connectivity index is 0. The summed E-state index contributed by atoms with van der Waals surface area (Å²) < 4.78 is 0. The average Bonchev–Trinajstić information content (AvgIpc) is 0. The van der Waals surface area contributed by atoms with E-state index >= 15 is 0 Å². The SMILES string of the molecule is [Cr+3].[Gd+3].[O-2].[O-2].[O-2]. The topological polar surface area (TPSA) is 85.5 Å². The first-order valence-corrected chi connectivity index (χ1v) is 0. The summed E-state index contributed by atoms with van der Waals surface area (Å²) in [6.45, 7) is 0. The molecule has 0 aliphatic carbocycles. The average molecular weight is 257 g/mol. The van der Waals surface area contributed by atoms with Crippen molar-refractivity contribution < 1.29 is 73.7 Å². The van der Waals surface area contributed by atoms with Gasteiger partial charge in [0.1, 0.15) is 0 Å². The molecule has 0 aliphatic rings. The largest absolute Gasteiger partial charge is 3.00 e. The molecule has 0 rings (SSSR count). The molecule has 0 aliphatic heterocycles. The Morgan fingerprint density at radius 1 is 0.600 bits per heavy atom. The van der Waals surface area contributed by atoms with Crippen molar-refractivity contribution in [3.8, 4) is 0 Å². The fourth-order valence-corrected chi connectivity index (χ4v) is 0. The Bertz CT molecular complexity index is 6.85. The third kappa shape index (κ3) is 26.6. The van der Waals surface area contributed by atoms with Crippen LogP contribution in [-0.4, -0.2) is 0 Å². The molecular weight excluding hydrogens is 257 g/mol. The standard InChI is InChI=1S/Cr.Gd.3O/q2*+3;3*-2. The van der Waals surface area contributed by atoms with E-state index in [4.69, 9.17) is 0 Å². The summed E-state index contributed by atoms with van der Waals surface area (Å²) in [5.74, 6) is 0. The van der Waals surface area contributed by atoms with E-state index in [1.807, 2.05) is 0 Å². The van der Waals surface area contributed by atoms with Crippen molar-refractivity contribution in [1.82, 2.24) is 0 Å². The Hall–Kier alpha value is 1.74. The molecule has 0 saturated heterocycles. The maximum Gasteiger partial charge on any atom is 3.00 e. The van der Waals surface area contributed by atoms with Crippen LogP contribution in [0.2, 0.25) is 0 Å². The Morgan fingerprint density at radius 2 is 0.600 bits per heavy atom. The molecule has 0 aromatic carbocycles. The van der Waals surface area contributed by atoms with Gasteiger partial charge in [-0.1, -0.05) is 0 Å². The Morgan fingerprint density at radius 3 is 0.600 bits per heavy atom. The number of hydrogen-bond acceptors (Lipinski definition) is 0. The number of rotatable bonds is 0. The summed E-state index contributed by atoms with van der Waals surface area (Å²) >= 11 is 0. The van der Waals surface area contributed by atoms with Gasteiger partial charge in [0.25, 0.3) is 0 Å². The van der Waals surface area contributed by atoms with E-state index in [1.165, 1.54) is 0 Å². The molecule has 0 unspecified atom stereocenters. The van der Waals surface area contributed by atoms with Gasteiger partial charge in [-0.25, -0.2) is 0 Å². The van der Waals surface area contributed by atoms with E-state index in [1.54, 1.807) is 0 Å². The Labute approximate surface area is 72.9 Å². The van der Waals surface area contributed by atoms with E-state index in [-0.39, 0.29) is 73.7 Å². The molecule has 0 bridgehead atoms. The van der Waals surface area contributed by atoms with Crippen molar-refractivity contribution >= 4 is 0 Å². The first kappa shape index (κ1) is 73.5. The monoisotopic (exact) mass is 258 g/mol. The van der Waals surface area contributed by atoms with Gasteiger partial charge in [-0.15, -0.1) is 0 Å². The normalized spacial score (nSPS) is 0. The zero-order chi connectivity index (χ0) is 0. The summed E-state index contributed by atoms with van der Waals surface area (Å²) in [5, 5.41) is 0. The van der Waals surface area contributed by atoms with E-state index in [9.17, 15) is 0 Å². The summed E-state index contributed by atoms with van der Waals surface area (Å²) in [6, 6.07) is 0. The van der Waals surface area contributed by atoms with Crippen LogP contribution in [0.5, 0.6) is 0 Å². The van der Waals surface area contributed by atoms with Gasteiger partial charge in [0.15, 0.2) is 0 Å².